The van der Waals surface area contributed by atoms with E-state index in [9.17, 15) is 10.1 Å². The molecule has 4 N–H and O–H groups in total. The number of rotatable bonds is 6. The highest BCUT2D eigenvalue weighted by Gasteiger charge is 2.47. The number of hydrogen-bond acceptors (Lipinski definition) is 4. The molecule has 0 aliphatic heterocycles. The summed E-state index contributed by atoms with van der Waals surface area (Å²) in [6.45, 7) is 0. The first-order chi connectivity index (χ1) is 10.0. The van der Waals surface area contributed by atoms with E-state index in [2.05, 4.69) is 0 Å². The van der Waals surface area contributed by atoms with E-state index in [-0.39, 0.29) is 17.8 Å². The van der Waals surface area contributed by atoms with Crippen LogP contribution in [0.25, 0.3) is 0 Å². The average Bonchev–Trinajstić information content (AvgIpc) is 2.48. The van der Waals surface area contributed by atoms with Gasteiger partial charge in [0.1, 0.15) is 6.17 Å². The summed E-state index contributed by atoms with van der Waals surface area (Å²) < 4.78 is 0. The first-order valence-electron chi connectivity index (χ1n) is 6.78. The lowest BCUT2D eigenvalue weighted by Gasteiger charge is -2.29. The Morgan fingerprint density at radius 3 is 1.57 bits per heavy atom. The zero-order valence-corrected chi connectivity index (χ0v) is 11.7. The van der Waals surface area contributed by atoms with E-state index in [0.717, 1.165) is 11.1 Å². The van der Waals surface area contributed by atoms with Crippen LogP contribution < -0.4 is 11.5 Å². The third-order valence-corrected chi connectivity index (χ3v) is 3.69. The summed E-state index contributed by atoms with van der Waals surface area (Å²) in [6.07, 6.45) is -0.645. The van der Waals surface area contributed by atoms with Crippen molar-refractivity contribution in [3.8, 4) is 0 Å². The fraction of sp³-hybridized carbons (Fsp3) is 0.250. The minimum absolute atomic E-state index is 0.202. The highest BCUT2D eigenvalue weighted by molar-refractivity contribution is 5.22. The SMILES string of the molecule is NC(N)C(Cc1ccccc1)(Cc1ccccc1)[N+](=O)[O-]. The fourth-order valence-corrected chi connectivity index (χ4v) is 2.45. The van der Waals surface area contributed by atoms with Gasteiger partial charge >= 0.3 is 0 Å². The standard InChI is InChI=1S/C16H19N3O2/c17-15(18)16(19(20)21,11-13-7-3-1-4-8-13)12-14-9-5-2-6-10-14/h1-10,15H,11-12,17-18H2. The molecule has 0 bridgehead atoms. The predicted molar refractivity (Wildman–Crippen MR) is 82.2 cm³/mol. The van der Waals surface area contributed by atoms with Crippen molar-refractivity contribution in [3.63, 3.8) is 0 Å². The van der Waals surface area contributed by atoms with Crippen LogP contribution >= 0.6 is 0 Å². The summed E-state index contributed by atoms with van der Waals surface area (Å²) in [5, 5.41) is 11.7. The third kappa shape index (κ3) is 3.45. The molecule has 0 aliphatic rings. The summed E-state index contributed by atoms with van der Waals surface area (Å²) in [6, 6.07) is 18.6. The average molecular weight is 285 g/mol. The predicted octanol–water partition coefficient (Wildman–Crippen LogP) is 1.73. The van der Waals surface area contributed by atoms with Gasteiger partial charge in [0.05, 0.1) is 0 Å². The van der Waals surface area contributed by atoms with Crippen molar-refractivity contribution in [2.75, 3.05) is 0 Å². The molecule has 2 aromatic carbocycles. The number of hydrogen-bond donors (Lipinski definition) is 2. The molecule has 0 fully saturated rings. The van der Waals surface area contributed by atoms with Crippen LogP contribution in [0.15, 0.2) is 60.7 Å². The normalized spacial score (nSPS) is 11.6. The molecule has 5 heteroatoms. The van der Waals surface area contributed by atoms with Crippen LogP contribution in [0.2, 0.25) is 0 Å². The van der Waals surface area contributed by atoms with E-state index in [0.29, 0.717) is 0 Å². The van der Waals surface area contributed by atoms with E-state index in [1.165, 1.54) is 0 Å². The maximum atomic E-state index is 11.7. The molecule has 0 spiro atoms. The largest absolute Gasteiger partial charge is 0.310 e. The summed E-state index contributed by atoms with van der Waals surface area (Å²) in [5.41, 5.74) is 11.9. The molecule has 0 radical (unpaired) electrons. The van der Waals surface area contributed by atoms with Gasteiger partial charge in [-0.15, -0.1) is 0 Å². The van der Waals surface area contributed by atoms with Crippen molar-refractivity contribution in [2.45, 2.75) is 24.5 Å². The van der Waals surface area contributed by atoms with Gasteiger partial charge in [-0.2, -0.15) is 0 Å². The molecule has 0 amide bonds. The number of nitrogens with zero attached hydrogens (tertiary/aromatic N) is 1. The fourth-order valence-electron chi connectivity index (χ4n) is 2.45. The highest BCUT2D eigenvalue weighted by atomic mass is 16.6. The Morgan fingerprint density at radius 1 is 0.905 bits per heavy atom. The number of benzene rings is 2. The molecule has 0 heterocycles. The molecule has 2 aromatic rings. The minimum Gasteiger partial charge on any atom is -0.310 e. The second kappa shape index (κ2) is 6.47. The van der Waals surface area contributed by atoms with Crippen LogP contribution in [0.3, 0.4) is 0 Å². The summed E-state index contributed by atoms with van der Waals surface area (Å²) >= 11 is 0. The van der Waals surface area contributed by atoms with E-state index in [1.807, 2.05) is 60.7 Å². The van der Waals surface area contributed by atoms with Crippen LogP contribution in [0.1, 0.15) is 11.1 Å². The summed E-state index contributed by atoms with van der Waals surface area (Å²) in [7, 11) is 0. The molecule has 21 heavy (non-hydrogen) atoms. The van der Waals surface area contributed by atoms with Crippen LogP contribution in [0.4, 0.5) is 0 Å². The van der Waals surface area contributed by atoms with Crippen molar-refractivity contribution in [1.29, 1.82) is 0 Å². The minimum atomic E-state index is -1.41. The van der Waals surface area contributed by atoms with Crippen molar-refractivity contribution >= 4 is 0 Å². The smallest absolute Gasteiger partial charge is 0.257 e. The maximum Gasteiger partial charge on any atom is 0.257 e. The molecule has 0 atom stereocenters. The van der Waals surface area contributed by atoms with Crippen LogP contribution in [-0.4, -0.2) is 16.6 Å². The van der Waals surface area contributed by atoms with Gasteiger partial charge in [0.25, 0.3) is 5.54 Å². The lowest BCUT2D eigenvalue weighted by atomic mass is 9.83. The Bertz CT molecular complexity index is 543. The zero-order valence-electron chi connectivity index (χ0n) is 11.7. The highest BCUT2D eigenvalue weighted by Crippen LogP contribution is 2.24. The van der Waals surface area contributed by atoms with Gasteiger partial charge in [0, 0.05) is 17.8 Å². The van der Waals surface area contributed by atoms with Crippen LogP contribution in [0, 0.1) is 10.1 Å². The van der Waals surface area contributed by atoms with E-state index in [4.69, 9.17) is 11.5 Å². The zero-order chi connectivity index (χ0) is 15.3. The molecule has 5 nitrogen and oxygen atoms in total. The van der Waals surface area contributed by atoms with E-state index < -0.39 is 11.7 Å². The Morgan fingerprint density at radius 2 is 1.29 bits per heavy atom. The van der Waals surface area contributed by atoms with Crippen LogP contribution in [0.5, 0.6) is 0 Å². The van der Waals surface area contributed by atoms with Gasteiger partial charge in [-0.3, -0.25) is 10.1 Å². The molecular weight excluding hydrogens is 266 g/mol. The van der Waals surface area contributed by atoms with Crippen LogP contribution in [-0.2, 0) is 12.8 Å². The van der Waals surface area contributed by atoms with Gasteiger partial charge in [-0.05, 0) is 11.1 Å². The van der Waals surface area contributed by atoms with E-state index >= 15 is 0 Å². The Balaban J connectivity index is 2.36. The maximum absolute atomic E-state index is 11.7. The van der Waals surface area contributed by atoms with Crippen molar-refractivity contribution in [1.82, 2.24) is 0 Å². The third-order valence-electron chi connectivity index (χ3n) is 3.69. The second-order valence-corrected chi connectivity index (χ2v) is 5.21. The van der Waals surface area contributed by atoms with Gasteiger partial charge in [0.15, 0.2) is 0 Å². The van der Waals surface area contributed by atoms with Gasteiger partial charge in [-0.25, -0.2) is 0 Å². The van der Waals surface area contributed by atoms with Crippen molar-refractivity contribution in [2.24, 2.45) is 11.5 Å². The van der Waals surface area contributed by atoms with Crippen molar-refractivity contribution < 1.29 is 4.92 Å². The molecular formula is C16H19N3O2. The molecule has 110 valence electrons. The monoisotopic (exact) mass is 285 g/mol. The topological polar surface area (TPSA) is 95.2 Å². The Labute approximate surface area is 123 Å². The molecule has 0 saturated carbocycles. The van der Waals surface area contributed by atoms with Gasteiger partial charge in [0.2, 0.25) is 0 Å². The Kier molecular flexibility index (Phi) is 4.67. The summed E-state index contributed by atoms with van der Waals surface area (Å²) in [4.78, 5) is 11.4. The quantitative estimate of drug-likeness (QED) is 0.480. The Hall–Kier alpha value is -2.24. The number of nitrogens with two attached hydrogens (primary N) is 2. The van der Waals surface area contributed by atoms with E-state index in [1.54, 1.807) is 0 Å². The lowest BCUT2D eigenvalue weighted by Crippen LogP contribution is -2.61. The van der Waals surface area contributed by atoms with Gasteiger partial charge in [-0.1, -0.05) is 60.7 Å². The molecule has 2 rings (SSSR count). The molecule has 0 saturated heterocycles. The molecule has 0 unspecified atom stereocenters. The number of nitro groups is 1. The van der Waals surface area contributed by atoms with Crippen molar-refractivity contribution in [3.05, 3.63) is 81.9 Å². The molecule has 0 aromatic heterocycles. The molecule has 0 aliphatic carbocycles. The van der Waals surface area contributed by atoms with Gasteiger partial charge < -0.3 is 11.5 Å². The first-order valence-corrected chi connectivity index (χ1v) is 6.78. The summed E-state index contributed by atoms with van der Waals surface area (Å²) in [5.74, 6) is 0. The lowest BCUT2D eigenvalue weighted by molar-refractivity contribution is -0.573. The second-order valence-electron chi connectivity index (χ2n) is 5.21. The first kappa shape index (κ1) is 15.2.